The molecule has 1 spiro atoms. The number of hydrogen-bond acceptors (Lipinski definition) is 3. The topological polar surface area (TPSA) is 46.2 Å². The summed E-state index contributed by atoms with van der Waals surface area (Å²) in [6.07, 6.45) is 8.24. The fraction of sp³-hybridized carbons (Fsp3) is 1.00. The van der Waals surface area contributed by atoms with Gasteiger partial charge >= 0.3 is 0 Å². The highest BCUT2D eigenvalue weighted by molar-refractivity contribution is 7.92. The van der Waals surface area contributed by atoms with E-state index in [2.05, 4.69) is 5.32 Å². The molecule has 0 saturated heterocycles. The quantitative estimate of drug-likeness (QED) is 0.797. The Morgan fingerprint density at radius 2 is 1.73 bits per heavy atom. The van der Waals surface area contributed by atoms with E-state index in [1.54, 1.807) is 0 Å². The van der Waals surface area contributed by atoms with Crippen LogP contribution in [0.5, 0.6) is 0 Å². The average Bonchev–Trinajstić information content (AvgIpc) is 2.49. The van der Waals surface area contributed by atoms with Crippen LogP contribution in [0.25, 0.3) is 0 Å². The monoisotopic (exact) mass is 231 g/mol. The van der Waals surface area contributed by atoms with Crippen molar-refractivity contribution in [2.24, 2.45) is 5.41 Å². The van der Waals surface area contributed by atoms with Gasteiger partial charge in [-0.3, -0.25) is 0 Å². The first-order valence-corrected chi connectivity index (χ1v) is 7.67. The molecule has 0 amide bonds. The molecule has 2 aliphatic rings. The molecule has 0 heterocycles. The third-order valence-corrected chi connectivity index (χ3v) is 6.35. The Labute approximate surface area is 92.6 Å². The highest BCUT2D eigenvalue weighted by Gasteiger charge is 2.59. The fourth-order valence-electron chi connectivity index (χ4n) is 3.63. The SMILES string of the molecule is CNCC1(S(C)(=O)=O)CC2(CCCC2)C1. The van der Waals surface area contributed by atoms with Crippen molar-refractivity contribution in [3.63, 3.8) is 0 Å². The molecule has 0 aromatic carbocycles. The van der Waals surface area contributed by atoms with Gasteiger partial charge in [-0.15, -0.1) is 0 Å². The van der Waals surface area contributed by atoms with Gasteiger partial charge in [0, 0.05) is 12.8 Å². The summed E-state index contributed by atoms with van der Waals surface area (Å²) in [5.41, 5.74) is 0.389. The van der Waals surface area contributed by atoms with Gasteiger partial charge in [-0.2, -0.15) is 0 Å². The number of sulfone groups is 1. The molecule has 0 radical (unpaired) electrons. The minimum absolute atomic E-state index is 0.389. The Bertz CT molecular complexity index is 334. The van der Waals surface area contributed by atoms with Crippen LogP contribution in [0.3, 0.4) is 0 Å². The highest BCUT2D eigenvalue weighted by Crippen LogP contribution is 2.60. The predicted octanol–water partition coefficient (Wildman–Crippen LogP) is 1.34. The smallest absolute Gasteiger partial charge is 0.154 e. The summed E-state index contributed by atoms with van der Waals surface area (Å²) in [7, 11) is -1.08. The Morgan fingerprint density at radius 1 is 1.20 bits per heavy atom. The third-order valence-electron chi connectivity index (χ3n) is 4.34. The molecule has 88 valence electrons. The van der Waals surface area contributed by atoms with Gasteiger partial charge in [-0.1, -0.05) is 12.8 Å². The summed E-state index contributed by atoms with van der Waals surface area (Å²) in [6.45, 7) is 0.619. The molecule has 2 saturated carbocycles. The third kappa shape index (κ3) is 1.72. The molecule has 2 rings (SSSR count). The zero-order valence-electron chi connectivity index (χ0n) is 9.67. The van der Waals surface area contributed by atoms with Crippen molar-refractivity contribution in [2.75, 3.05) is 19.8 Å². The lowest BCUT2D eigenvalue weighted by atomic mass is 9.60. The van der Waals surface area contributed by atoms with Crippen LogP contribution < -0.4 is 5.32 Å². The second-order valence-electron chi connectivity index (χ2n) is 5.55. The van der Waals surface area contributed by atoms with Crippen molar-refractivity contribution in [2.45, 2.75) is 43.3 Å². The van der Waals surface area contributed by atoms with Crippen LogP contribution in [-0.4, -0.2) is 33.0 Å². The Morgan fingerprint density at radius 3 is 2.13 bits per heavy atom. The lowest BCUT2D eigenvalue weighted by molar-refractivity contribution is 0.0828. The second-order valence-corrected chi connectivity index (χ2v) is 7.96. The van der Waals surface area contributed by atoms with Crippen LogP contribution in [0.2, 0.25) is 0 Å². The van der Waals surface area contributed by atoms with E-state index in [9.17, 15) is 8.42 Å². The summed E-state index contributed by atoms with van der Waals surface area (Å²) in [6, 6.07) is 0. The molecule has 0 aliphatic heterocycles. The van der Waals surface area contributed by atoms with Gasteiger partial charge < -0.3 is 5.32 Å². The molecule has 1 N–H and O–H groups in total. The average molecular weight is 231 g/mol. The van der Waals surface area contributed by atoms with Gasteiger partial charge in [0.25, 0.3) is 0 Å². The number of nitrogens with one attached hydrogen (secondary N) is 1. The molecule has 0 bridgehead atoms. The maximum absolute atomic E-state index is 11.8. The minimum Gasteiger partial charge on any atom is -0.318 e. The van der Waals surface area contributed by atoms with E-state index in [-0.39, 0.29) is 0 Å². The summed E-state index contributed by atoms with van der Waals surface area (Å²) >= 11 is 0. The molecule has 0 aromatic heterocycles. The molecule has 0 aromatic rings. The van der Waals surface area contributed by atoms with Crippen molar-refractivity contribution >= 4 is 9.84 Å². The predicted molar refractivity (Wildman–Crippen MR) is 61.6 cm³/mol. The van der Waals surface area contributed by atoms with E-state index in [1.807, 2.05) is 7.05 Å². The van der Waals surface area contributed by atoms with Gasteiger partial charge in [0.2, 0.25) is 0 Å². The maximum Gasteiger partial charge on any atom is 0.154 e. The first-order chi connectivity index (χ1) is 6.93. The molecular weight excluding hydrogens is 210 g/mol. The molecule has 15 heavy (non-hydrogen) atoms. The fourth-order valence-corrected chi connectivity index (χ4v) is 5.18. The van der Waals surface area contributed by atoms with Gasteiger partial charge in [-0.25, -0.2) is 8.42 Å². The van der Waals surface area contributed by atoms with Gasteiger partial charge in [0.05, 0.1) is 4.75 Å². The van der Waals surface area contributed by atoms with E-state index in [0.717, 1.165) is 12.8 Å². The lowest BCUT2D eigenvalue weighted by Gasteiger charge is -2.53. The van der Waals surface area contributed by atoms with E-state index in [1.165, 1.54) is 31.9 Å². The van der Waals surface area contributed by atoms with Crippen LogP contribution in [-0.2, 0) is 9.84 Å². The van der Waals surface area contributed by atoms with Crippen molar-refractivity contribution in [1.29, 1.82) is 0 Å². The molecule has 4 heteroatoms. The van der Waals surface area contributed by atoms with E-state index in [0.29, 0.717) is 12.0 Å². The van der Waals surface area contributed by atoms with Crippen LogP contribution in [0.4, 0.5) is 0 Å². The largest absolute Gasteiger partial charge is 0.318 e. The number of rotatable bonds is 3. The normalized spacial score (nSPS) is 27.9. The second kappa shape index (κ2) is 3.45. The first-order valence-electron chi connectivity index (χ1n) is 5.77. The standard InChI is InChI=1S/C11H21NO2S/c1-12-9-11(15(2,13)14)7-10(8-11)5-3-4-6-10/h12H,3-9H2,1-2H3. The zero-order valence-corrected chi connectivity index (χ0v) is 10.5. The Hall–Kier alpha value is -0.0900. The van der Waals surface area contributed by atoms with Gasteiger partial charge in [0.1, 0.15) is 0 Å². The van der Waals surface area contributed by atoms with Crippen LogP contribution in [0.1, 0.15) is 38.5 Å². The van der Waals surface area contributed by atoms with E-state index in [4.69, 9.17) is 0 Å². The maximum atomic E-state index is 11.8. The molecule has 3 nitrogen and oxygen atoms in total. The van der Waals surface area contributed by atoms with Crippen molar-refractivity contribution < 1.29 is 8.42 Å². The summed E-state index contributed by atoms with van der Waals surface area (Å²) in [4.78, 5) is 0. The van der Waals surface area contributed by atoms with Crippen molar-refractivity contribution in [3.05, 3.63) is 0 Å². The Balaban J connectivity index is 2.14. The van der Waals surface area contributed by atoms with Gasteiger partial charge in [-0.05, 0) is 38.1 Å². The number of hydrogen-bond donors (Lipinski definition) is 1. The first kappa shape index (κ1) is 11.4. The minimum atomic E-state index is -2.92. The highest BCUT2D eigenvalue weighted by atomic mass is 32.2. The summed E-state index contributed by atoms with van der Waals surface area (Å²) in [5, 5.41) is 3.04. The van der Waals surface area contributed by atoms with Crippen LogP contribution in [0.15, 0.2) is 0 Å². The molecule has 2 fully saturated rings. The van der Waals surface area contributed by atoms with Crippen LogP contribution in [0, 0.1) is 5.41 Å². The molecule has 0 unspecified atom stereocenters. The van der Waals surface area contributed by atoms with Gasteiger partial charge in [0.15, 0.2) is 9.84 Å². The van der Waals surface area contributed by atoms with E-state index >= 15 is 0 Å². The summed E-state index contributed by atoms with van der Waals surface area (Å²) < 4.78 is 23.2. The lowest BCUT2D eigenvalue weighted by Crippen LogP contribution is -2.60. The van der Waals surface area contributed by atoms with Crippen LogP contribution >= 0.6 is 0 Å². The van der Waals surface area contributed by atoms with Crippen molar-refractivity contribution in [3.8, 4) is 0 Å². The molecule has 2 aliphatic carbocycles. The van der Waals surface area contributed by atoms with Crippen molar-refractivity contribution in [1.82, 2.24) is 5.32 Å². The molecule has 0 atom stereocenters. The Kier molecular flexibility index (Phi) is 2.62. The summed E-state index contributed by atoms with van der Waals surface area (Å²) in [5.74, 6) is 0. The molecular formula is C11H21NO2S. The zero-order chi connectivity index (χ0) is 11.2. The van der Waals surface area contributed by atoms with E-state index < -0.39 is 14.6 Å².